The van der Waals surface area contributed by atoms with Gasteiger partial charge in [0.1, 0.15) is 9.90 Å². The van der Waals surface area contributed by atoms with Gasteiger partial charge < -0.3 is 4.90 Å². The summed E-state index contributed by atoms with van der Waals surface area (Å²) in [4.78, 5) is 13.8. The summed E-state index contributed by atoms with van der Waals surface area (Å²) in [6, 6.07) is 2.57. The Hall–Kier alpha value is -1.13. The lowest BCUT2D eigenvalue weighted by Crippen LogP contribution is -2.36. The van der Waals surface area contributed by atoms with Crippen LogP contribution >= 0.6 is 46.1 Å². The summed E-state index contributed by atoms with van der Waals surface area (Å²) in [7, 11) is -4.09. The summed E-state index contributed by atoms with van der Waals surface area (Å²) in [6.45, 7) is 1.48. The number of nitrogens with zero attached hydrogens (tertiary/aromatic N) is 3. The maximum absolute atomic E-state index is 12.6. The highest BCUT2D eigenvalue weighted by Gasteiger charge is 2.25. The Morgan fingerprint density at radius 2 is 1.74 bits per heavy atom. The summed E-state index contributed by atoms with van der Waals surface area (Å²) >= 11 is 18.7. The van der Waals surface area contributed by atoms with Crippen LogP contribution < -0.4 is 4.72 Å². The van der Waals surface area contributed by atoms with E-state index in [1.54, 1.807) is 4.90 Å². The van der Waals surface area contributed by atoms with Crippen LogP contribution in [0.4, 0.5) is 5.13 Å². The molecule has 27 heavy (non-hydrogen) atoms. The van der Waals surface area contributed by atoms with Crippen LogP contribution in [0.2, 0.25) is 15.1 Å². The number of sulfonamides is 1. The van der Waals surface area contributed by atoms with E-state index in [0.717, 1.165) is 43.7 Å². The number of piperidine rings is 1. The second-order valence-electron chi connectivity index (χ2n) is 5.92. The molecule has 0 atom stereocenters. The van der Waals surface area contributed by atoms with Gasteiger partial charge in [0.2, 0.25) is 11.0 Å². The molecule has 3 rings (SSSR count). The van der Waals surface area contributed by atoms with Crippen LogP contribution in [-0.4, -0.2) is 42.5 Å². The Morgan fingerprint density at radius 3 is 2.37 bits per heavy atom. The van der Waals surface area contributed by atoms with Crippen molar-refractivity contribution in [2.45, 2.75) is 30.6 Å². The highest BCUT2D eigenvalue weighted by Crippen LogP contribution is 2.34. The van der Waals surface area contributed by atoms with Gasteiger partial charge >= 0.3 is 0 Å². The number of anilines is 1. The largest absolute Gasteiger partial charge is 0.342 e. The van der Waals surface area contributed by atoms with Crippen LogP contribution in [0.5, 0.6) is 0 Å². The van der Waals surface area contributed by atoms with Gasteiger partial charge in [-0.05, 0) is 31.4 Å². The normalized spacial score (nSPS) is 15.0. The maximum atomic E-state index is 12.6. The lowest BCUT2D eigenvalue weighted by Gasteiger charge is -2.26. The predicted molar refractivity (Wildman–Crippen MR) is 106 cm³/mol. The molecule has 0 unspecified atom stereocenters. The first-order valence-electron chi connectivity index (χ1n) is 8.04. The Kier molecular flexibility index (Phi) is 6.47. The van der Waals surface area contributed by atoms with Crippen LogP contribution in [0, 0.1) is 0 Å². The van der Waals surface area contributed by atoms with Gasteiger partial charge in [-0.3, -0.25) is 9.52 Å². The van der Waals surface area contributed by atoms with E-state index in [0.29, 0.717) is 5.01 Å². The van der Waals surface area contributed by atoms with E-state index < -0.39 is 10.0 Å². The molecule has 12 heteroatoms. The summed E-state index contributed by atoms with van der Waals surface area (Å²) in [6.07, 6.45) is 3.21. The van der Waals surface area contributed by atoms with E-state index in [-0.39, 0.29) is 37.4 Å². The Balaban J connectivity index is 1.72. The lowest BCUT2D eigenvalue weighted by atomic mass is 10.1. The molecule has 0 spiro atoms. The highest BCUT2D eigenvalue weighted by atomic mass is 35.5. The zero-order chi connectivity index (χ0) is 19.6. The van der Waals surface area contributed by atoms with Crippen molar-refractivity contribution in [2.75, 3.05) is 17.8 Å². The molecule has 1 aromatic carbocycles. The second kappa shape index (κ2) is 8.48. The minimum Gasteiger partial charge on any atom is -0.342 e. The van der Waals surface area contributed by atoms with Gasteiger partial charge in [-0.15, -0.1) is 10.2 Å². The standard InChI is InChI=1S/C15H15Cl3N4O3S2/c16-9-6-10(17)14(11(18)7-9)27(24,25)21-15-20-19-12(26-15)8-13(23)22-4-2-1-3-5-22/h6-7H,1-5,8H2,(H,20,21). The molecule has 146 valence electrons. The fraction of sp³-hybridized carbons (Fsp3) is 0.400. The number of rotatable bonds is 5. The van der Waals surface area contributed by atoms with Crippen LogP contribution in [-0.2, 0) is 21.2 Å². The monoisotopic (exact) mass is 468 g/mol. The number of carbonyl (C=O) groups is 1. The Bertz CT molecular complexity index is 936. The molecule has 2 heterocycles. The van der Waals surface area contributed by atoms with Gasteiger partial charge in [-0.25, -0.2) is 8.42 Å². The summed E-state index contributed by atoms with van der Waals surface area (Å²) in [5.74, 6) is -0.0379. The highest BCUT2D eigenvalue weighted by molar-refractivity contribution is 7.93. The van der Waals surface area contributed by atoms with Crippen LogP contribution in [0.15, 0.2) is 17.0 Å². The third-order valence-electron chi connectivity index (χ3n) is 3.93. The summed E-state index contributed by atoms with van der Waals surface area (Å²) < 4.78 is 27.4. The predicted octanol–water partition coefficient (Wildman–Crippen LogP) is 3.85. The van der Waals surface area contributed by atoms with E-state index >= 15 is 0 Å². The maximum Gasteiger partial charge on any atom is 0.266 e. The Morgan fingerprint density at radius 1 is 1.11 bits per heavy atom. The molecule has 0 bridgehead atoms. The fourth-order valence-electron chi connectivity index (χ4n) is 2.70. The van der Waals surface area contributed by atoms with Crippen molar-refractivity contribution < 1.29 is 13.2 Å². The van der Waals surface area contributed by atoms with Crippen molar-refractivity contribution in [3.05, 3.63) is 32.2 Å². The molecule has 1 saturated heterocycles. The smallest absolute Gasteiger partial charge is 0.266 e. The average molecular weight is 470 g/mol. The molecule has 1 N–H and O–H groups in total. The number of carbonyl (C=O) groups excluding carboxylic acids is 1. The molecule has 1 aliphatic heterocycles. The number of hydrogen-bond acceptors (Lipinski definition) is 6. The molecular formula is C15H15Cl3N4O3S2. The number of hydrogen-bond donors (Lipinski definition) is 1. The van der Waals surface area contributed by atoms with Gasteiger partial charge in [0.15, 0.2) is 0 Å². The van der Waals surface area contributed by atoms with E-state index in [9.17, 15) is 13.2 Å². The molecule has 0 radical (unpaired) electrons. The minimum atomic E-state index is -4.09. The Labute approximate surface area is 175 Å². The molecule has 0 saturated carbocycles. The van der Waals surface area contributed by atoms with E-state index in [1.807, 2.05) is 0 Å². The van der Waals surface area contributed by atoms with Crippen LogP contribution in [0.25, 0.3) is 0 Å². The third-order valence-corrected chi connectivity index (χ3v) is 7.38. The first-order valence-corrected chi connectivity index (χ1v) is 11.5. The third kappa shape index (κ3) is 5.03. The molecule has 2 aromatic rings. The van der Waals surface area contributed by atoms with Gasteiger partial charge in [-0.1, -0.05) is 46.1 Å². The van der Waals surface area contributed by atoms with Gasteiger partial charge in [0, 0.05) is 18.1 Å². The zero-order valence-electron chi connectivity index (χ0n) is 13.9. The van der Waals surface area contributed by atoms with E-state index in [4.69, 9.17) is 34.8 Å². The van der Waals surface area contributed by atoms with Crippen molar-refractivity contribution in [2.24, 2.45) is 0 Å². The fourth-order valence-corrected chi connectivity index (χ4v) is 6.21. The summed E-state index contributed by atoms with van der Waals surface area (Å²) in [5, 5.41) is 8.15. The number of likely N-dealkylation sites (tertiary alicyclic amines) is 1. The average Bonchev–Trinajstić information content (AvgIpc) is 3.00. The van der Waals surface area contributed by atoms with Crippen molar-refractivity contribution in [1.29, 1.82) is 0 Å². The quantitative estimate of drug-likeness (QED) is 0.718. The SMILES string of the molecule is O=C(Cc1nnc(NS(=O)(=O)c2c(Cl)cc(Cl)cc2Cl)s1)N1CCCCC1. The number of halogens is 3. The van der Waals surface area contributed by atoms with Crippen molar-refractivity contribution in [3.63, 3.8) is 0 Å². The first kappa shape index (κ1) is 20.6. The number of nitrogens with one attached hydrogen (secondary N) is 1. The zero-order valence-corrected chi connectivity index (χ0v) is 17.8. The molecule has 1 amide bonds. The molecule has 0 aliphatic carbocycles. The first-order chi connectivity index (χ1) is 12.8. The van der Waals surface area contributed by atoms with Crippen molar-refractivity contribution >= 4 is 67.2 Å². The van der Waals surface area contributed by atoms with Gasteiger partial charge in [0.05, 0.1) is 16.5 Å². The molecular weight excluding hydrogens is 455 g/mol. The molecule has 1 fully saturated rings. The van der Waals surface area contributed by atoms with Crippen molar-refractivity contribution in [3.8, 4) is 0 Å². The van der Waals surface area contributed by atoms with E-state index in [2.05, 4.69) is 14.9 Å². The van der Waals surface area contributed by atoms with Crippen LogP contribution in [0.3, 0.4) is 0 Å². The summed E-state index contributed by atoms with van der Waals surface area (Å²) in [5.41, 5.74) is 0. The van der Waals surface area contributed by atoms with Crippen LogP contribution in [0.1, 0.15) is 24.3 Å². The number of aromatic nitrogens is 2. The molecule has 1 aromatic heterocycles. The topological polar surface area (TPSA) is 92.3 Å². The number of benzene rings is 1. The van der Waals surface area contributed by atoms with E-state index in [1.165, 1.54) is 12.1 Å². The molecule has 1 aliphatic rings. The van der Waals surface area contributed by atoms with Crippen molar-refractivity contribution in [1.82, 2.24) is 15.1 Å². The molecule has 7 nitrogen and oxygen atoms in total. The minimum absolute atomic E-state index is 0.0264. The lowest BCUT2D eigenvalue weighted by molar-refractivity contribution is -0.131. The second-order valence-corrected chi connectivity index (χ2v) is 9.86. The number of amides is 1. The van der Waals surface area contributed by atoms with Gasteiger partial charge in [0.25, 0.3) is 10.0 Å². The van der Waals surface area contributed by atoms with Gasteiger partial charge in [-0.2, -0.15) is 0 Å².